The molecule has 0 fully saturated rings. The summed E-state index contributed by atoms with van der Waals surface area (Å²) in [7, 11) is 0. The van der Waals surface area contributed by atoms with Gasteiger partial charge in [0, 0.05) is 0 Å². The van der Waals surface area contributed by atoms with Crippen LogP contribution < -0.4 is 3.87 Å². The topological polar surface area (TPSA) is 0 Å². The van der Waals surface area contributed by atoms with Gasteiger partial charge in [-0.05, 0) is 0 Å². The molecule has 1 aromatic rings. The Morgan fingerprint density at radius 3 is 1.90 bits per heavy atom. The Labute approximate surface area is 145 Å². The molecule has 0 N–H and O–H groups in total. The van der Waals surface area contributed by atoms with Gasteiger partial charge in [0.05, 0.1) is 0 Å². The maximum Gasteiger partial charge on any atom is -0.147 e. The third-order valence-electron chi connectivity index (χ3n) is 4.19. The fraction of sp³-hybridized carbons (Fsp3) is 0.375. The van der Waals surface area contributed by atoms with E-state index in [-0.39, 0.29) is 37.2 Å². The molecule has 20 heavy (non-hydrogen) atoms. The molecule has 114 valence electrons. The second kappa shape index (κ2) is 10.1. The van der Waals surface area contributed by atoms with Crippen molar-refractivity contribution in [2.45, 2.75) is 36.6 Å². The predicted molar refractivity (Wildman–Crippen MR) is 95.2 cm³/mol. The molecule has 0 spiro atoms. The summed E-state index contributed by atoms with van der Waals surface area (Å²) in [4.78, 5) is 0. The van der Waals surface area contributed by atoms with E-state index >= 15 is 0 Å². The van der Waals surface area contributed by atoms with Crippen molar-refractivity contribution >= 4 is 41.1 Å². The minimum atomic E-state index is -2.00. The standard InChI is InChI=1S/C6H7.C6H5.2C2H5.3ClH.Ti/c1-6-4-2-3-5-6;1-2-4-6-5-3-1;2*1-2;;;;/h4-5H,2H2,1H3;1-5H;2*1H2,2H3;3*1H;. The first-order valence-electron chi connectivity index (χ1n) is 6.66. The molecule has 1 aromatic carbocycles. The zero-order valence-corrected chi connectivity index (χ0v) is 16.4. The van der Waals surface area contributed by atoms with Crippen LogP contribution in [0.15, 0.2) is 51.9 Å². The van der Waals surface area contributed by atoms with E-state index < -0.39 is 16.6 Å². The van der Waals surface area contributed by atoms with Gasteiger partial charge in [-0.3, -0.25) is 0 Å². The van der Waals surface area contributed by atoms with Crippen molar-refractivity contribution < 1.29 is 16.6 Å². The first-order chi connectivity index (χ1) is 8.23. The Morgan fingerprint density at radius 2 is 1.50 bits per heavy atom. The predicted octanol–water partition coefficient (Wildman–Crippen LogP) is 5.84. The normalized spacial score (nSPS) is 13.3. The Hall–Kier alpha value is 0.284. The van der Waals surface area contributed by atoms with Crippen LogP contribution in [-0.2, 0) is 16.6 Å². The average Bonchev–Trinajstić information content (AvgIpc) is 2.80. The zero-order valence-electron chi connectivity index (χ0n) is 12.4. The Bertz CT molecular complexity index is 448. The molecule has 0 aromatic heterocycles. The molecule has 1 aliphatic carbocycles. The van der Waals surface area contributed by atoms with Gasteiger partial charge in [-0.1, -0.05) is 0 Å². The number of benzene rings is 1. The van der Waals surface area contributed by atoms with Gasteiger partial charge in [0.25, 0.3) is 0 Å². The van der Waals surface area contributed by atoms with Crippen molar-refractivity contribution in [2.75, 3.05) is 0 Å². The third-order valence-corrected chi connectivity index (χ3v) is 12.7. The van der Waals surface area contributed by atoms with E-state index in [2.05, 4.69) is 63.3 Å². The molecular formula is C16H25Cl3Ti. The quantitative estimate of drug-likeness (QED) is 0.583. The summed E-state index contributed by atoms with van der Waals surface area (Å²) in [5.74, 6) is 0. The molecule has 0 atom stereocenters. The van der Waals surface area contributed by atoms with Crippen molar-refractivity contribution in [1.29, 1.82) is 0 Å². The van der Waals surface area contributed by atoms with E-state index in [9.17, 15) is 0 Å². The number of allylic oxidation sites excluding steroid dienone is 4. The molecular weight excluding hydrogens is 346 g/mol. The van der Waals surface area contributed by atoms with Crippen molar-refractivity contribution in [2.24, 2.45) is 0 Å². The van der Waals surface area contributed by atoms with Gasteiger partial charge in [0.15, 0.2) is 0 Å². The average molecular weight is 372 g/mol. The van der Waals surface area contributed by atoms with Gasteiger partial charge in [-0.15, -0.1) is 37.2 Å². The van der Waals surface area contributed by atoms with Gasteiger partial charge < -0.3 is 0 Å². The fourth-order valence-electron chi connectivity index (χ4n) is 3.05. The second-order valence-electron chi connectivity index (χ2n) is 4.98. The monoisotopic (exact) mass is 370 g/mol. The summed E-state index contributed by atoms with van der Waals surface area (Å²) in [5, 5.41) is 0. The molecule has 0 amide bonds. The van der Waals surface area contributed by atoms with Crippen molar-refractivity contribution in [3.63, 3.8) is 0 Å². The summed E-state index contributed by atoms with van der Waals surface area (Å²) >= 11 is -2.00. The molecule has 0 bridgehead atoms. The van der Waals surface area contributed by atoms with Crippen molar-refractivity contribution in [3.05, 3.63) is 51.9 Å². The minimum Gasteiger partial charge on any atom is -0.147 e. The van der Waals surface area contributed by atoms with Gasteiger partial charge in [-0.25, -0.2) is 0 Å². The van der Waals surface area contributed by atoms with Crippen LogP contribution in [0, 0.1) is 0 Å². The van der Waals surface area contributed by atoms with Crippen LogP contribution in [0.1, 0.15) is 27.2 Å². The van der Waals surface area contributed by atoms with Gasteiger partial charge >= 0.3 is 109 Å². The van der Waals surface area contributed by atoms with E-state index in [0.29, 0.717) is 0 Å². The molecule has 0 unspecified atom stereocenters. The molecule has 0 saturated carbocycles. The summed E-state index contributed by atoms with van der Waals surface area (Å²) < 4.78 is 6.17. The molecule has 0 saturated heterocycles. The minimum absolute atomic E-state index is 0. The van der Waals surface area contributed by atoms with Gasteiger partial charge in [0.2, 0.25) is 0 Å². The summed E-state index contributed by atoms with van der Waals surface area (Å²) in [5.41, 5.74) is 1.47. The van der Waals surface area contributed by atoms with Crippen LogP contribution in [0.5, 0.6) is 0 Å². The third kappa shape index (κ3) is 4.39. The Balaban J connectivity index is 0. The molecule has 4 heteroatoms. The molecule has 2 rings (SSSR count). The number of halogens is 3. The van der Waals surface area contributed by atoms with E-state index in [0.717, 1.165) is 0 Å². The smallest absolute Gasteiger partial charge is 0.147 e. The van der Waals surface area contributed by atoms with Crippen LogP contribution in [-0.4, -0.2) is 0 Å². The van der Waals surface area contributed by atoms with Gasteiger partial charge in [-0.2, -0.15) is 0 Å². The largest absolute Gasteiger partial charge is 0.147 e. The van der Waals surface area contributed by atoms with Crippen LogP contribution in [0.4, 0.5) is 0 Å². The van der Waals surface area contributed by atoms with Crippen LogP contribution >= 0.6 is 37.2 Å². The molecule has 1 aliphatic rings. The van der Waals surface area contributed by atoms with Crippen LogP contribution in [0.25, 0.3) is 0 Å². The first-order valence-corrected chi connectivity index (χ1v) is 10.4. The van der Waals surface area contributed by atoms with Crippen LogP contribution in [0.2, 0.25) is 9.45 Å². The second-order valence-corrected chi connectivity index (χ2v) is 12.5. The number of rotatable bonds is 4. The Kier molecular flexibility index (Phi) is 11.4. The van der Waals surface area contributed by atoms with E-state index in [1.165, 1.54) is 21.4 Å². The zero-order chi connectivity index (χ0) is 12.3. The molecule has 0 aliphatic heterocycles. The van der Waals surface area contributed by atoms with Crippen molar-refractivity contribution in [3.8, 4) is 0 Å². The summed E-state index contributed by atoms with van der Waals surface area (Å²) in [6.07, 6.45) is 6.08. The number of hydrogen-bond acceptors (Lipinski definition) is 0. The summed E-state index contributed by atoms with van der Waals surface area (Å²) in [6.45, 7) is 7.02. The van der Waals surface area contributed by atoms with Crippen LogP contribution in [0.3, 0.4) is 0 Å². The Morgan fingerprint density at radius 1 is 0.950 bits per heavy atom. The molecule has 0 heterocycles. The van der Waals surface area contributed by atoms with E-state index in [4.69, 9.17) is 0 Å². The van der Waals surface area contributed by atoms with E-state index in [1.807, 2.05) is 0 Å². The first kappa shape index (κ1) is 22.6. The van der Waals surface area contributed by atoms with E-state index in [1.54, 1.807) is 7.75 Å². The SMILES string of the molecule is C[CH2][Ti]([CH2]C)([C]1=CC(C)=CC1)[c]1ccccc1.Cl.Cl.Cl. The molecule has 0 radical (unpaired) electrons. The maximum absolute atomic E-state index is 2.47. The number of hydrogen-bond donors (Lipinski definition) is 0. The molecule has 0 nitrogen and oxygen atoms in total. The maximum atomic E-state index is 2.47. The van der Waals surface area contributed by atoms with Gasteiger partial charge in [0.1, 0.15) is 0 Å². The fourth-order valence-corrected chi connectivity index (χ4v) is 9.96. The summed E-state index contributed by atoms with van der Waals surface area (Å²) in [6, 6.07) is 11.3. The van der Waals surface area contributed by atoms with Crippen molar-refractivity contribution in [1.82, 2.24) is 0 Å².